The Labute approximate surface area is 263 Å². The number of fused-ring (bicyclic) bond motifs is 4. The predicted octanol–water partition coefficient (Wildman–Crippen LogP) is 1.77. The molecule has 10 atom stereocenters. The van der Waals surface area contributed by atoms with Crippen molar-refractivity contribution in [3.63, 3.8) is 0 Å². The van der Waals surface area contributed by atoms with Gasteiger partial charge in [-0.15, -0.1) is 0 Å². The Morgan fingerprint density at radius 2 is 1.59 bits per heavy atom. The maximum absolute atomic E-state index is 13.5. The number of aliphatic hydroxyl groups is 2. The lowest BCUT2D eigenvalue weighted by molar-refractivity contribution is -0.289. The number of hydrogen-bond donors (Lipinski definition) is 4. The molecule has 2 aromatic carbocycles. The molecule has 2 aliphatic carbocycles. The van der Waals surface area contributed by atoms with E-state index in [0.717, 1.165) is 0 Å². The molecular formula is C30H35O15P. The number of carbonyl (C=O) groups excluding carboxylic acids is 1. The van der Waals surface area contributed by atoms with E-state index >= 15 is 0 Å². The van der Waals surface area contributed by atoms with Crippen molar-refractivity contribution in [3.8, 4) is 28.7 Å². The van der Waals surface area contributed by atoms with Crippen LogP contribution in [0.3, 0.4) is 0 Å². The van der Waals surface area contributed by atoms with Crippen LogP contribution in [-0.4, -0.2) is 90.9 Å². The summed E-state index contributed by atoms with van der Waals surface area (Å²) >= 11 is 0. The fraction of sp³-hybridized carbons (Fsp3) is 0.567. The second-order valence-electron chi connectivity index (χ2n) is 12.0. The van der Waals surface area contributed by atoms with Crippen LogP contribution in [0.15, 0.2) is 24.3 Å². The Balaban J connectivity index is 1.32. The minimum absolute atomic E-state index is 0.00556. The SMILES string of the molecule is COc1cc([C@@H]2c3cc4c(cc3[C@@H](O[C@@H]3C[C@@H]5CO[C@@H](C)O[C@H]5[C@H](O)[C@H]3O)[C@H]3COC(=O)[C@H]23)OCO4)cc(OC)c1OP(=O)(O)O. The highest BCUT2D eigenvalue weighted by Gasteiger charge is 2.55. The van der Waals surface area contributed by atoms with Gasteiger partial charge in [0.15, 0.2) is 29.3 Å². The average molecular weight is 667 g/mol. The Kier molecular flexibility index (Phi) is 8.09. The summed E-state index contributed by atoms with van der Waals surface area (Å²) in [5.41, 5.74) is 1.82. The molecule has 0 bridgehead atoms. The number of carbonyl (C=O) groups is 1. The smallest absolute Gasteiger partial charge is 0.493 e. The fourth-order valence-electron chi connectivity index (χ4n) is 7.44. The fourth-order valence-corrected chi connectivity index (χ4v) is 7.86. The Morgan fingerprint density at radius 1 is 0.913 bits per heavy atom. The molecule has 1 saturated carbocycles. The number of benzene rings is 2. The quantitative estimate of drug-likeness (QED) is 0.246. The molecule has 5 aliphatic rings. The third-order valence-corrected chi connectivity index (χ3v) is 9.87. The summed E-state index contributed by atoms with van der Waals surface area (Å²) in [6.45, 7) is 2.08. The van der Waals surface area contributed by atoms with Crippen LogP contribution in [0.25, 0.3) is 0 Å². The minimum atomic E-state index is -4.99. The molecule has 15 nitrogen and oxygen atoms in total. The topological polar surface area (TPSA) is 198 Å². The third kappa shape index (κ3) is 5.38. The predicted molar refractivity (Wildman–Crippen MR) is 153 cm³/mol. The van der Waals surface area contributed by atoms with Crippen molar-refractivity contribution in [3.05, 3.63) is 41.0 Å². The van der Waals surface area contributed by atoms with E-state index in [1.165, 1.54) is 26.4 Å². The molecule has 16 heteroatoms. The highest BCUT2D eigenvalue weighted by Crippen LogP contribution is 2.58. The van der Waals surface area contributed by atoms with E-state index < -0.39 is 68.4 Å². The summed E-state index contributed by atoms with van der Waals surface area (Å²) in [5, 5.41) is 22.2. The number of rotatable bonds is 7. The molecule has 3 aliphatic heterocycles. The molecule has 2 saturated heterocycles. The standard InChI is InChI=1S/C30H35O15P/c1-12-39-9-14-6-20(25(31)26(32)27(14)43-12)44-28-16-8-19-18(41-11-42-19)7-15(16)23(24-17(28)10-40-30(24)33)13-4-21(37-2)29(22(5-13)38-3)45-46(34,35)36/h4-5,7-8,12,14,17,20,23-28,31-32H,6,9-11H2,1-3H3,(H2,34,35,36)/t12-,14-,17+,20-,23-,24+,25+,26-,27-,28-/m1/s1. The lowest BCUT2D eigenvalue weighted by Crippen LogP contribution is -2.59. The van der Waals surface area contributed by atoms with Gasteiger partial charge in [-0.2, -0.15) is 0 Å². The summed E-state index contributed by atoms with van der Waals surface area (Å²) in [6.07, 6.45) is -4.84. The minimum Gasteiger partial charge on any atom is -0.493 e. The van der Waals surface area contributed by atoms with E-state index in [1.54, 1.807) is 19.1 Å². The van der Waals surface area contributed by atoms with Gasteiger partial charge in [0, 0.05) is 17.8 Å². The van der Waals surface area contributed by atoms with E-state index in [9.17, 15) is 29.4 Å². The van der Waals surface area contributed by atoms with E-state index in [1.807, 2.05) is 0 Å². The van der Waals surface area contributed by atoms with Gasteiger partial charge in [0.1, 0.15) is 12.2 Å². The zero-order valence-electron chi connectivity index (χ0n) is 25.1. The maximum Gasteiger partial charge on any atom is 0.525 e. The maximum atomic E-state index is 13.5. The number of ether oxygens (including phenoxy) is 8. The lowest BCUT2D eigenvalue weighted by Gasteiger charge is -2.48. The van der Waals surface area contributed by atoms with Gasteiger partial charge in [0.2, 0.25) is 12.5 Å². The average Bonchev–Trinajstić information content (AvgIpc) is 3.64. The van der Waals surface area contributed by atoms with Crippen LogP contribution in [0.1, 0.15) is 42.1 Å². The zero-order chi connectivity index (χ0) is 32.5. The highest BCUT2D eigenvalue weighted by atomic mass is 31.2. The second kappa shape index (κ2) is 11.8. The molecule has 0 unspecified atom stereocenters. The van der Waals surface area contributed by atoms with E-state index in [2.05, 4.69) is 0 Å². The van der Waals surface area contributed by atoms with Crippen LogP contribution in [0.5, 0.6) is 28.7 Å². The Bertz CT molecular complexity index is 1530. The highest BCUT2D eigenvalue weighted by molar-refractivity contribution is 7.46. The second-order valence-corrected chi connectivity index (χ2v) is 13.2. The normalized spacial score (nSPS) is 34.6. The van der Waals surface area contributed by atoms with Crippen LogP contribution < -0.4 is 23.5 Å². The number of aliphatic hydroxyl groups excluding tert-OH is 2. The number of phosphoric acid groups is 1. The van der Waals surface area contributed by atoms with Crippen molar-refractivity contribution < 1.29 is 71.8 Å². The number of hydrogen-bond acceptors (Lipinski definition) is 13. The zero-order valence-corrected chi connectivity index (χ0v) is 26.0. The van der Waals surface area contributed by atoms with Gasteiger partial charge in [-0.25, -0.2) is 4.57 Å². The van der Waals surface area contributed by atoms with Gasteiger partial charge >= 0.3 is 13.8 Å². The van der Waals surface area contributed by atoms with E-state index in [0.29, 0.717) is 41.2 Å². The number of esters is 1. The molecule has 3 heterocycles. The molecule has 250 valence electrons. The van der Waals surface area contributed by atoms with Crippen molar-refractivity contribution in [1.82, 2.24) is 0 Å². The van der Waals surface area contributed by atoms with Gasteiger partial charge in [-0.1, -0.05) is 0 Å². The van der Waals surface area contributed by atoms with Gasteiger partial charge in [-0.3, -0.25) is 14.6 Å². The van der Waals surface area contributed by atoms with Gasteiger partial charge in [0.25, 0.3) is 0 Å². The van der Waals surface area contributed by atoms with Crippen molar-refractivity contribution in [2.45, 2.75) is 56.1 Å². The lowest BCUT2D eigenvalue weighted by atomic mass is 9.66. The molecule has 0 radical (unpaired) electrons. The molecular weight excluding hydrogens is 631 g/mol. The van der Waals surface area contributed by atoms with Crippen LogP contribution in [0, 0.1) is 17.8 Å². The number of methoxy groups -OCH3 is 2. The van der Waals surface area contributed by atoms with Crippen LogP contribution >= 0.6 is 7.82 Å². The van der Waals surface area contributed by atoms with Crippen LogP contribution in [0.4, 0.5) is 0 Å². The van der Waals surface area contributed by atoms with Gasteiger partial charge < -0.3 is 52.6 Å². The first-order valence-corrected chi connectivity index (χ1v) is 16.4. The molecule has 0 spiro atoms. The van der Waals surface area contributed by atoms with Crippen LogP contribution in [-0.2, 0) is 28.3 Å². The molecule has 7 rings (SSSR count). The Hall–Kier alpha value is -3.14. The third-order valence-electron chi connectivity index (χ3n) is 9.45. The monoisotopic (exact) mass is 666 g/mol. The van der Waals surface area contributed by atoms with E-state index in [4.69, 9.17) is 42.4 Å². The van der Waals surface area contributed by atoms with Crippen molar-refractivity contribution >= 4 is 13.8 Å². The Morgan fingerprint density at radius 3 is 2.24 bits per heavy atom. The van der Waals surface area contributed by atoms with Crippen molar-refractivity contribution in [2.24, 2.45) is 17.8 Å². The van der Waals surface area contributed by atoms with Gasteiger partial charge in [-0.05, 0) is 54.3 Å². The molecule has 4 N–H and O–H groups in total. The van der Waals surface area contributed by atoms with Crippen LogP contribution in [0.2, 0.25) is 0 Å². The van der Waals surface area contributed by atoms with Gasteiger partial charge in [0.05, 0.1) is 51.7 Å². The summed E-state index contributed by atoms with van der Waals surface area (Å²) in [6, 6.07) is 6.62. The molecule has 3 fully saturated rings. The molecule has 0 amide bonds. The summed E-state index contributed by atoms with van der Waals surface area (Å²) in [7, 11) is -2.37. The molecule has 46 heavy (non-hydrogen) atoms. The largest absolute Gasteiger partial charge is 0.525 e. The summed E-state index contributed by atoms with van der Waals surface area (Å²) < 4.78 is 62.7. The first kappa shape index (κ1) is 31.5. The summed E-state index contributed by atoms with van der Waals surface area (Å²) in [4.78, 5) is 32.5. The van der Waals surface area contributed by atoms with Crippen molar-refractivity contribution in [2.75, 3.05) is 34.2 Å². The van der Waals surface area contributed by atoms with Crippen molar-refractivity contribution in [1.29, 1.82) is 0 Å². The number of cyclic esters (lactones) is 1. The number of phosphoric ester groups is 1. The van der Waals surface area contributed by atoms with E-state index in [-0.39, 0.29) is 36.6 Å². The molecule has 0 aromatic heterocycles. The first-order valence-electron chi connectivity index (χ1n) is 14.9. The summed E-state index contributed by atoms with van der Waals surface area (Å²) in [5.74, 6) is -2.13. The molecule has 2 aromatic rings. The first-order chi connectivity index (χ1) is 22.0.